The highest BCUT2D eigenvalue weighted by molar-refractivity contribution is 7.82. The van der Waals surface area contributed by atoms with Crippen LogP contribution < -0.4 is 29.9 Å². The number of hydrazine groups is 1. The van der Waals surface area contributed by atoms with Gasteiger partial charge in [-0.3, -0.25) is 14.4 Å². The third kappa shape index (κ3) is 9.05. The second kappa shape index (κ2) is 16.0. The fraction of sp³-hybridized carbons (Fsp3) is 0.379. The van der Waals surface area contributed by atoms with Gasteiger partial charge in [-0.15, -0.1) is 4.83 Å². The summed E-state index contributed by atoms with van der Waals surface area (Å²) in [5.74, 6) is 1.13. The minimum Gasteiger partial charge on any atom is -0.496 e. The van der Waals surface area contributed by atoms with Crippen molar-refractivity contribution in [3.63, 3.8) is 0 Å². The van der Waals surface area contributed by atoms with E-state index in [2.05, 4.69) is 31.8 Å². The highest BCUT2D eigenvalue weighted by atomic mass is 35.5. The van der Waals surface area contributed by atoms with Crippen molar-refractivity contribution in [1.82, 2.24) is 29.4 Å². The summed E-state index contributed by atoms with van der Waals surface area (Å²) in [6.45, 7) is 2.13. The number of nitrogens with two attached hydrogens (primary N) is 1. The van der Waals surface area contributed by atoms with Gasteiger partial charge in [0.15, 0.2) is 17.0 Å². The van der Waals surface area contributed by atoms with Gasteiger partial charge in [0.2, 0.25) is 5.95 Å². The predicted octanol–water partition coefficient (Wildman–Crippen LogP) is 3.88. The van der Waals surface area contributed by atoms with E-state index in [-0.39, 0.29) is 37.7 Å². The quantitative estimate of drug-likeness (QED) is 0.0923. The number of anilines is 2. The van der Waals surface area contributed by atoms with Crippen molar-refractivity contribution in [3.05, 3.63) is 65.4 Å². The van der Waals surface area contributed by atoms with E-state index >= 15 is 0 Å². The number of nitrogens with zero attached hydrogens (tertiary/aromatic N) is 5. The van der Waals surface area contributed by atoms with Crippen molar-refractivity contribution in [1.29, 1.82) is 0 Å². The van der Waals surface area contributed by atoms with Crippen LogP contribution in [0.1, 0.15) is 25.1 Å². The molecule has 4 N–H and O–H groups in total. The number of carbonyl (C=O) groups is 1. The van der Waals surface area contributed by atoms with Gasteiger partial charge >= 0.3 is 14.5 Å². The number of rotatable bonds is 15. The van der Waals surface area contributed by atoms with Gasteiger partial charge < -0.3 is 29.0 Å². The number of hydrogen-bond donors (Lipinski definition) is 3. The van der Waals surface area contributed by atoms with E-state index < -0.39 is 31.7 Å². The summed E-state index contributed by atoms with van der Waals surface area (Å²) in [6, 6.07) is 14.1. The summed E-state index contributed by atoms with van der Waals surface area (Å²) in [4.78, 5) is 28.6. The number of benzene rings is 2. The molecule has 1 aliphatic rings. The Morgan fingerprint density at radius 2 is 2.00 bits per heavy atom. The summed E-state index contributed by atoms with van der Waals surface area (Å²) in [5, 5.41) is 5.08. The summed E-state index contributed by atoms with van der Waals surface area (Å²) in [5.41, 5.74) is 7.72. The van der Waals surface area contributed by atoms with Crippen LogP contribution in [0.5, 0.6) is 11.5 Å². The molecule has 18 heteroatoms. The summed E-state index contributed by atoms with van der Waals surface area (Å²) in [7, 11) is 0.107. The average molecular weight is 707 g/mol. The molecule has 1 saturated heterocycles. The van der Waals surface area contributed by atoms with Gasteiger partial charge in [-0.2, -0.15) is 9.97 Å². The maximum absolute atomic E-state index is 12.6. The molecule has 0 bridgehead atoms. The molecule has 0 saturated carbocycles. The molecule has 2 aromatic heterocycles. The van der Waals surface area contributed by atoms with Crippen molar-refractivity contribution in [2.24, 2.45) is 5.92 Å². The zero-order valence-corrected chi connectivity index (χ0v) is 28.6. The first-order valence-corrected chi connectivity index (χ1v) is 17.6. The Morgan fingerprint density at radius 3 is 2.74 bits per heavy atom. The van der Waals surface area contributed by atoms with Crippen LogP contribution in [0, 0.1) is 5.92 Å². The van der Waals surface area contributed by atoms with E-state index in [9.17, 15) is 9.00 Å². The molecule has 1 fully saturated rings. The zero-order chi connectivity index (χ0) is 33.5. The van der Waals surface area contributed by atoms with E-state index in [1.165, 1.54) is 11.3 Å². The van der Waals surface area contributed by atoms with Crippen LogP contribution in [0.2, 0.25) is 5.02 Å². The molecule has 5 rings (SSSR count). The van der Waals surface area contributed by atoms with Gasteiger partial charge in [0, 0.05) is 29.8 Å². The molecule has 4 aromatic rings. The molecule has 47 heavy (non-hydrogen) atoms. The second-order valence-corrected chi connectivity index (χ2v) is 13.4. The maximum atomic E-state index is 12.6. The third-order valence-corrected chi connectivity index (χ3v) is 9.00. The average Bonchev–Trinajstić information content (AvgIpc) is 3.63. The monoisotopic (exact) mass is 706 g/mol. The fourth-order valence-electron chi connectivity index (χ4n) is 4.95. The Morgan fingerprint density at radius 1 is 1.23 bits per heavy atom. The molecular formula is C29H36ClN8O7PS. The molecule has 5 atom stereocenters. The van der Waals surface area contributed by atoms with Gasteiger partial charge in [-0.25, -0.2) is 14.3 Å². The van der Waals surface area contributed by atoms with Crippen LogP contribution in [0.3, 0.4) is 0 Å². The topological polar surface area (TPSA) is 177 Å². The Kier molecular flexibility index (Phi) is 11.8. The lowest BCUT2D eigenvalue weighted by Gasteiger charge is -2.21. The van der Waals surface area contributed by atoms with Gasteiger partial charge in [0.05, 0.1) is 26.1 Å². The van der Waals surface area contributed by atoms with E-state index in [1.807, 2.05) is 18.2 Å². The number of imidazole rings is 1. The Balaban J connectivity index is 1.23. The van der Waals surface area contributed by atoms with Crippen molar-refractivity contribution in [2.45, 2.75) is 32.3 Å². The lowest BCUT2D eigenvalue weighted by atomic mass is 10.1. The summed E-state index contributed by atoms with van der Waals surface area (Å²) < 4.78 is 42.9. The van der Waals surface area contributed by atoms with Gasteiger partial charge in [0.1, 0.15) is 41.9 Å². The molecule has 1 aliphatic heterocycles. The van der Waals surface area contributed by atoms with Crippen molar-refractivity contribution in [2.75, 3.05) is 44.3 Å². The third-order valence-electron chi connectivity index (χ3n) is 7.04. The van der Waals surface area contributed by atoms with Crippen molar-refractivity contribution in [3.8, 4) is 11.5 Å². The number of carbonyl (C=O) groups excluding carboxylic acids is 1. The Labute approximate surface area is 280 Å². The standard InChI is InChI=1S/C29H36ClN8O7PS/c1-18-13-22(44-28(18)38-17-32-25-26(37(2)36-47(4)40)34-29(31)35-27(25)38)16-43-46(45-21-11-9-20(30)10-12-21)33-14-24(39)42-15-19-7-5-6-8-23(19)41-3/h5-12,17-18,22,28,33,36H,13-16H2,1-4H3,(H2,31,34,35). The predicted molar refractivity (Wildman–Crippen MR) is 179 cm³/mol. The van der Waals surface area contributed by atoms with E-state index in [0.717, 1.165) is 5.56 Å². The van der Waals surface area contributed by atoms with Gasteiger partial charge in [0.25, 0.3) is 0 Å². The molecule has 2 aromatic carbocycles. The van der Waals surface area contributed by atoms with Crippen LogP contribution in [-0.2, 0) is 36.4 Å². The highest BCUT2D eigenvalue weighted by Gasteiger charge is 2.36. The van der Waals surface area contributed by atoms with Crippen LogP contribution in [0.4, 0.5) is 11.8 Å². The molecule has 15 nitrogen and oxygen atoms in total. The number of fused-ring (bicyclic) bond motifs is 1. The molecule has 0 spiro atoms. The number of nitrogen functional groups attached to an aromatic ring is 1. The normalized spacial score (nSPS) is 19.0. The largest absolute Gasteiger partial charge is 0.496 e. The SMILES string of the molecule is COc1ccccc1COC(=O)CNP(OCC1CC(C)C(n2cnc3c(N(C)NS(C)=O)nc(N)nc32)O1)Oc1ccc(Cl)cc1. The number of halogens is 1. The molecule has 252 valence electrons. The molecule has 0 radical (unpaired) electrons. The van der Waals surface area contributed by atoms with Crippen LogP contribution in [0.15, 0.2) is 54.9 Å². The minimum absolute atomic E-state index is 0.0350. The highest BCUT2D eigenvalue weighted by Crippen LogP contribution is 2.40. The number of esters is 1. The molecule has 0 amide bonds. The first kappa shape index (κ1) is 34.7. The zero-order valence-electron chi connectivity index (χ0n) is 26.2. The summed E-state index contributed by atoms with van der Waals surface area (Å²) >= 11 is 6.04. The second-order valence-electron chi connectivity index (χ2n) is 10.6. The van der Waals surface area contributed by atoms with Crippen LogP contribution >= 0.6 is 20.1 Å². The molecule has 0 aliphatic carbocycles. The molecular weight excluding hydrogens is 671 g/mol. The number of nitrogens with one attached hydrogen (secondary N) is 2. The number of aromatic nitrogens is 4. The van der Waals surface area contributed by atoms with Crippen LogP contribution in [0.25, 0.3) is 11.2 Å². The number of hydrogen-bond acceptors (Lipinski definition) is 13. The number of methoxy groups -OCH3 is 1. The van der Waals surface area contributed by atoms with E-state index in [1.54, 1.807) is 55.4 Å². The smallest absolute Gasteiger partial charge is 0.320 e. The summed E-state index contributed by atoms with van der Waals surface area (Å²) in [6.07, 6.45) is 3.06. The van der Waals surface area contributed by atoms with Gasteiger partial charge in [-0.1, -0.05) is 36.7 Å². The molecule has 3 heterocycles. The maximum Gasteiger partial charge on any atom is 0.320 e. The van der Waals surface area contributed by atoms with Crippen LogP contribution in [-0.4, -0.2) is 69.4 Å². The van der Waals surface area contributed by atoms with E-state index in [0.29, 0.717) is 39.9 Å². The fourth-order valence-corrected chi connectivity index (χ4v) is 6.63. The van der Waals surface area contributed by atoms with Crippen molar-refractivity contribution >= 4 is 60.0 Å². The Bertz CT molecular complexity index is 1700. The lowest BCUT2D eigenvalue weighted by Crippen LogP contribution is -2.36. The van der Waals surface area contributed by atoms with Crippen molar-refractivity contribution < 1.29 is 32.3 Å². The molecule has 5 unspecified atom stereocenters. The minimum atomic E-state index is -1.79. The first-order chi connectivity index (χ1) is 22.6. The lowest BCUT2D eigenvalue weighted by molar-refractivity contribution is -0.143. The van der Waals surface area contributed by atoms with E-state index in [4.69, 9.17) is 40.6 Å². The Hall–Kier alpha value is -3.63. The number of ether oxygens (including phenoxy) is 3. The number of para-hydroxylation sites is 1. The first-order valence-electron chi connectivity index (χ1n) is 14.5. The van der Waals surface area contributed by atoms with Gasteiger partial charge in [-0.05, 0) is 36.8 Å².